The molecule has 1 aromatic heterocycles. The predicted molar refractivity (Wildman–Crippen MR) is 96.5 cm³/mol. The van der Waals surface area contributed by atoms with Crippen molar-refractivity contribution in [1.82, 2.24) is 4.98 Å². The fourth-order valence-electron chi connectivity index (χ4n) is 2.71. The Balaban J connectivity index is 1.90. The molecule has 4 nitrogen and oxygen atoms in total. The summed E-state index contributed by atoms with van der Waals surface area (Å²) in [6.45, 7) is 4.09. The lowest BCUT2D eigenvalue weighted by molar-refractivity contribution is 0.102. The SMILES string of the molecule is Cc1[nH]c2c(C(=O)Nc3ccc(N(C)C)cc3)cccc2c1C. The zero-order valence-electron chi connectivity index (χ0n) is 13.9. The third kappa shape index (κ3) is 2.80. The highest BCUT2D eigenvalue weighted by atomic mass is 16.1. The standard InChI is InChI=1S/C19H21N3O/c1-12-13(2)20-18-16(12)6-5-7-17(18)19(23)21-14-8-10-15(11-9-14)22(3)4/h5-11,20H,1-4H3,(H,21,23). The van der Waals surface area contributed by atoms with Crippen molar-refractivity contribution in [3.63, 3.8) is 0 Å². The van der Waals surface area contributed by atoms with Gasteiger partial charge in [0.15, 0.2) is 0 Å². The summed E-state index contributed by atoms with van der Waals surface area (Å²) >= 11 is 0. The molecule has 0 bridgehead atoms. The van der Waals surface area contributed by atoms with E-state index < -0.39 is 0 Å². The number of amides is 1. The van der Waals surface area contributed by atoms with Crippen LogP contribution in [0, 0.1) is 13.8 Å². The molecule has 0 fully saturated rings. The number of nitrogens with zero attached hydrogens (tertiary/aromatic N) is 1. The molecule has 0 radical (unpaired) electrons. The van der Waals surface area contributed by atoms with Gasteiger partial charge in [-0.1, -0.05) is 12.1 Å². The molecule has 0 aliphatic rings. The number of carbonyl (C=O) groups is 1. The van der Waals surface area contributed by atoms with Gasteiger partial charge in [0, 0.05) is 36.6 Å². The number of anilines is 2. The molecule has 0 saturated carbocycles. The first kappa shape index (κ1) is 15.2. The Morgan fingerprint density at radius 3 is 2.39 bits per heavy atom. The number of para-hydroxylation sites is 1. The van der Waals surface area contributed by atoms with E-state index in [4.69, 9.17) is 0 Å². The van der Waals surface area contributed by atoms with E-state index in [0.717, 1.165) is 28.0 Å². The van der Waals surface area contributed by atoms with Crippen molar-refractivity contribution < 1.29 is 4.79 Å². The Bertz CT molecular complexity index is 860. The molecule has 0 atom stereocenters. The molecule has 0 spiro atoms. The average molecular weight is 307 g/mol. The lowest BCUT2D eigenvalue weighted by Gasteiger charge is -2.13. The van der Waals surface area contributed by atoms with Gasteiger partial charge >= 0.3 is 0 Å². The summed E-state index contributed by atoms with van der Waals surface area (Å²) < 4.78 is 0. The highest BCUT2D eigenvalue weighted by Crippen LogP contribution is 2.25. The molecular weight excluding hydrogens is 286 g/mol. The summed E-state index contributed by atoms with van der Waals surface area (Å²) in [6.07, 6.45) is 0. The Hall–Kier alpha value is -2.75. The van der Waals surface area contributed by atoms with E-state index in [1.54, 1.807) is 0 Å². The second-order valence-electron chi connectivity index (χ2n) is 6.00. The van der Waals surface area contributed by atoms with Crippen molar-refractivity contribution in [2.45, 2.75) is 13.8 Å². The van der Waals surface area contributed by atoms with E-state index in [9.17, 15) is 4.79 Å². The van der Waals surface area contributed by atoms with Gasteiger partial charge < -0.3 is 15.2 Å². The average Bonchev–Trinajstić information content (AvgIpc) is 2.83. The molecule has 0 saturated heterocycles. The first-order chi connectivity index (χ1) is 11.0. The summed E-state index contributed by atoms with van der Waals surface area (Å²) in [5.74, 6) is -0.102. The van der Waals surface area contributed by atoms with Crippen LogP contribution >= 0.6 is 0 Å². The van der Waals surface area contributed by atoms with E-state index in [1.807, 2.05) is 68.4 Å². The number of aromatic amines is 1. The molecule has 0 unspecified atom stereocenters. The minimum Gasteiger partial charge on any atom is -0.378 e. The van der Waals surface area contributed by atoms with Crippen molar-refractivity contribution in [2.75, 3.05) is 24.3 Å². The second kappa shape index (κ2) is 5.80. The van der Waals surface area contributed by atoms with E-state index >= 15 is 0 Å². The normalized spacial score (nSPS) is 10.8. The molecule has 118 valence electrons. The van der Waals surface area contributed by atoms with E-state index in [-0.39, 0.29) is 5.91 Å². The van der Waals surface area contributed by atoms with Crippen LogP contribution < -0.4 is 10.2 Å². The van der Waals surface area contributed by atoms with Gasteiger partial charge in [0.25, 0.3) is 5.91 Å². The van der Waals surface area contributed by atoms with Gasteiger partial charge in [-0.05, 0) is 49.7 Å². The molecule has 2 N–H and O–H groups in total. The largest absolute Gasteiger partial charge is 0.378 e. The van der Waals surface area contributed by atoms with Gasteiger partial charge in [-0.2, -0.15) is 0 Å². The van der Waals surface area contributed by atoms with Crippen molar-refractivity contribution in [3.8, 4) is 0 Å². The zero-order valence-corrected chi connectivity index (χ0v) is 13.9. The number of carbonyl (C=O) groups excluding carboxylic acids is 1. The van der Waals surface area contributed by atoms with Crippen LogP contribution in [0.2, 0.25) is 0 Å². The van der Waals surface area contributed by atoms with Crippen molar-refractivity contribution >= 4 is 28.2 Å². The van der Waals surface area contributed by atoms with Crippen LogP contribution in [0.15, 0.2) is 42.5 Å². The van der Waals surface area contributed by atoms with Gasteiger partial charge in [-0.25, -0.2) is 0 Å². The summed E-state index contributed by atoms with van der Waals surface area (Å²) in [6, 6.07) is 13.6. The summed E-state index contributed by atoms with van der Waals surface area (Å²) in [5, 5.41) is 4.06. The minimum atomic E-state index is -0.102. The number of fused-ring (bicyclic) bond motifs is 1. The molecule has 0 aliphatic heterocycles. The number of aryl methyl sites for hydroxylation is 2. The van der Waals surface area contributed by atoms with E-state index in [1.165, 1.54) is 5.56 Å². The smallest absolute Gasteiger partial charge is 0.257 e. The summed E-state index contributed by atoms with van der Waals surface area (Å²) in [4.78, 5) is 18.0. The Morgan fingerprint density at radius 1 is 1.04 bits per heavy atom. The van der Waals surface area contributed by atoms with E-state index in [0.29, 0.717) is 5.56 Å². The molecule has 4 heteroatoms. The first-order valence-corrected chi connectivity index (χ1v) is 7.64. The van der Waals surface area contributed by atoms with Crippen LogP contribution in [0.4, 0.5) is 11.4 Å². The molecular formula is C19H21N3O. The Morgan fingerprint density at radius 2 is 1.74 bits per heavy atom. The van der Waals surface area contributed by atoms with Gasteiger partial charge in [-0.15, -0.1) is 0 Å². The monoisotopic (exact) mass is 307 g/mol. The van der Waals surface area contributed by atoms with Crippen LogP contribution in [0.3, 0.4) is 0 Å². The molecule has 3 aromatic rings. The maximum atomic E-state index is 12.6. The van der Waals surface area contributed by atoms with Crippen molar-refractivity contribution in [3.05, 3.63) is 59.3 Å². The van der Waals surface area contributed by atoms with Crippen LogP contribution in [-0.2, 0) is 0 Å². The van der Waals surface area contributed by atoms with Gasteiger partial charge in [0.1, 0.15) is 0 Å². The molecule has 1 heterocycles. The predicted octanol–water partition coefficient (Wildman–Crippen LogP) is 4.10. The van der Waals surface area contributed by atoms with Crippen molar-refractivity contribution in [1.29, 1.82) is 0 Å². The number of hydrogen-bond donors (Lipinski definition) is 2. The fourth-order valence-corrected chi connectivity index (χ4v) is 2.71. The maximum Gasteiger partial charge on any atom is 0.257 e. The third-order valence-electron chi connectivity index (χ3n) is 4.23. The number of hydrogen-bond acceptors (Lipinski definition) is 2. The summed E-state index contributed by atoms with van der Waals surface area (Å²) in [7, 11) is 3.98. The highest BCUT2D eigenvalue weighted by Gasteiger charge is 2.14. The quantitative estimate of drug-likeness (QED) is 0.765. The molecule has 2 aromatic carbocycles. The Kier molecular flexibility index (Phi) is 3.82. The van der Waals surface area contributed by atoms with Crippen LogP contribution in [0.5, 0.6) is 0 Å². The number of nitrogens with one attached hydrogen (secondary N) is 2. The van der Waals surface area contributed by atoms with Crippen LogP contribution in [0.1, 0.15) is 21.6 Å². The van der Waals surface area contributed by atoms with Crippen molar-refractivity contribution in [2.24, 2.45) is 0 Å². The number of aromatic nitrogens is 1. The molecule has 23 heavy (non-hydrogen) atoms. The van der Waals surface area contributed by atoms with Gasteiger partial charge in [-0.3, -0.25) is 4.79 Å². The summed E-state index contributed by atoms with van der Waals surface area (Å²) in [5.41, 5.74) is 5.72. The third-order valence-corrected chi connectivity index (χ3v) is 4.23. The molecule has 1 amide bonds. The number of benzene rings is 2. The minimum absolute atomic E-state index is 0.102. The maximum absolute atomic E-state index is 12.6. The van der Waals surface area contributed by atoms with Crippen LogP contribution in [0.25, 0.3) is 10.9 Å². The zero-order chi connectivity index (χ0) is 16.6. The fraction of sp³-hybridized carbons (Fsp3) is 0.211. The molecule has 0 aliphatic carbocycles. The lowest BCUT2D eigenvalue weighted by atomic mass is 10.1. The van der Waals surface area contributed by atoms with Crippen LogP contribution in [-0.4, -0.2) is 25.0 Å². The van der Waals surface area contributed by atoms with Gasteiger partial charge in [0.2, 0.25) is 0 Å². The number of rotatable bonds is 3. The van der Waals surface area contributed by atoms with E-state index in [2.05, 4.69) is 17.2 Å². The second-order valence-corrected chi connectivity index (χ2v) is 6.00. The molecule has 3 rings (SSSR count). The first-order valence-electron chi connectivity index (χ1n) is 7.64. The highest BCUT2D eigenvalue weighted by molar-refractivity contribution is 6.12. The van der Waals surface area contributed by atoms with Gasteiger partial charge in [0.05, 0.1) is 11.1 Å². The lowest BCUT2D eigenvalue weighted by Crippen LogP contribution is -2.13. The Labute approximate surface area is 136 Å². The number of H-pyrrole nitrogens is 1. The topological polar surface area (TPSA) is 48.1 Å².